The first-order valence-electron chi connectivity index (χ1n) is 6.57. The zero-order valence-corrected chi connectivity index (χ0v) is 11.3. The van der Waals surface area contributed by atoms with Crippen molar-refractivity contribution >= 4 is 17.5 Å². The van der Waals surface area contributed by atoms with Crippen molar-refractivity contribution in [2.24, 2.45) is 0 Å². The Balaban J connectivity index is 2.16. The molecule has 2 rings (SSSR count). The maximum atomic E-state index is 12.2. The van der Waals surface area contributed by atoms with Crippen molar-refractivity contribution in [3.63, 3.8) is 0 Å². The summed E-state index contributed by atoms with van der Waals surface area (Å²) in [7, 11) is 0. The number of likely N-dealkylation sites (N-methyl/N-ethyl adjacent to an activating group) is 1. The summed E-state index contributed by atoms with van der Waals surface area (Å²) in [5.74, 6) is -0.510. The van der Waals surface area contributed by atoms with Crippen molar-refractivity contribution in [2.75, 3.05) is 31.9 Å². The molecule has 0 spiro atoms. The molecule has 1 heterocycles. The van der Waals surface area contributed by atoms with Crippen molar-refractivity contribution < 1.29 is 9.59 Å². The topological polar surface area (TPSA) is 66.6 Å². The Morgan fingerprint density at radius 3 is 2.42 bits per heavy atom. The molecule has 0 radical (unpaired) electrons. The van der Waals surface area contributed by atoms with Gasteiger partial charge in [-0.25, -0.2) is 0 Å². The summed E-state index contributed by atoms with van der Waals surface area (Å²) in [4.78, 5) is 27.9. The van der Waals surface area contributed by atoms with Crippen molar-refractivity contribution in [2.45, 2.75) is 13.8 Å². The van der Waals surface area contributed by atoms with Gasteiger partial charge in [0, 0.05) is 18.8 Å². The first kappa shape index (κ1) is 13.5. The van der Waals surface area contributed by atoms with Crippen LogP contribution in [0.2, 0.25) is 0 Å². The van der Waals surface area contributed by atoms with Crippen LogP contribution in [0.3, 0.4) is 0 Å². The summed E-state index contributed by atoms with van der Waals surface area (Å²) >= 11 is 0. The van der Waals surface area contributed by atoms with E-state index < -0.39 is 0 Å². The third-order valence-corrected chi connectivity index (χ3v) is 3.57. The molecule has 0 fully saturated rings. The number of nitrogens with zero attached hydrogens (tertiary/aromatic N) is 2. The number of anilines is 1. The number of nitrogen functional groups attached to an aromatic ring is 1. The van der Waals surface area contributed by atoms with Gasteiger partial charge in [0.05, 0.1) is 11.1 Å². The highest BCUT2D eigenvalue weighted by molar-refractivity contribution is 6.23. The number of imide groups is 1. The number of benzene rings is 1. The van der Waals surface area contributed by atoms with Gasteiger partial charge in [-0.05, 0) is 25.2 Å². The molecule has 0 bridgehead atoms. The zero-order valence-electron chi connectivity index (χ0n) is 11.3. The van der Waals surface area contributed by atoms with Crippen LogP contribution in [0.1, 0.15) is 34.6 Å². The zero-order chi connectivity index (χ0) is 14.0. The van der Waals surface area contributed by atoms with Crippen molar-refractivity contribution in [3.05, 3.63) is 29.3 Å². The number of hydrogen-bond acceptors (Lipinski definition) is 4. The monoisotopic (exact) mass is 261 g/mol. The Labute approximate surface area is 113 Å². The molecule has 102 valence electrons. The molecule has 1 aliphatic rings. The molecule has 1 aromatic carbocycles. The van der Waals surface area contributed by atoms with Gasteiger partial charge in [-0.15, -0.1) is 0 Å². The molecule has 0 saturated carbocycles. The standard InChI is InChI=1S/C14H19N3O2/c1-3-16(4-2)8-9-17-13(18)10-6-5-7-11(15)12(10)14(17)19/h5-7H,3-4,8-9,15H2,1-2H3. The van der Waals surface area contributed by atoms with Gasteiger partial charge in [0.25, 0.3) is 11.8 Å². The lowest BCUT2D eigenvalue weighted by atomic mass is 10.1. The number of hydrogen-bond donors (Lipinski definition) is 1. The van der Waals surface area contributed by atoms with Crippen molar-refractivity contribution in [1.82, 2.24) is 9.80 Å². The highest BCUT2D eigenvalue weighted by Gasteiger charge is 2.36. The maximum Gasteiger partial charge on any atom is 0.263 e. The first-order valence-corrected chi connectivity index (χ1v) is 6.57. The summed E-state index contributed by atoms with van der Waals surface area (Å²) in [6, 6.07) is 5.01. The van der Waals surface area contributed by atoms with Gasteiger partial charge >= 0.3 is 0 Å². The van der Waals surface area contributed by atoms with E-state index in [1.54, 1.807) is 18.2 Å². The van der Waals surface area contributed by atoms with Crippen LogP contribution >= 0.6 is 0 Å². The summed E-state index contributed by atoms with van der Waals surface area (Å²) in [5.41, 5.74) is 6.94. The van der Waals surface area contributed by atoms with Gasteiger partial charge in [-0.1, -0.05) is 19.9 Å². The van der Waals surface area contributed by atoms with Crippen LogP contribution in [0.25, 0.3) is 0 Å². The normalized spacial score (nSPS) is 14.4. The van der Waals surface area contributed by atoms with Gasteiger partial charge in [0.1, 0.15) is 0 Å². The molecule has 0 saturated heterocycles. The molecular formula is C14H19N3O2. The summed E-state index contributed by atoms with van der Waals surface area (Å²) in [6.07, 6.45) is 0. The molecular weight excluding hydrogens is 242 g/mol. The third kappa shape index (κ3) is 2.33. The molecule has 2 N–H and O–H groups in total. The minimum atomic E-state index is -0.273. The number of nitrogens with two attached hydrogens (primary N) is 1. The fourth-order valence-electron chi connectivity index (χ4n) is 2.34. The molecule has 5 heteroatoms. The molecule has 0 atom stereocenters. The molecule has 19 heavy (non-hydrogen) atoms. The minimum Gasteiger partial charge on any atom is -0.398 e. The highest BCUT2D eigenvalue weighted by Crippen LogP contribution is 2.27. The van der Waals surface area contributed by atoms with E-state index in [9.17, 15) is 9.59 Å². The first-order chi connectivity index (χ1) is 9.10. The summed E-state index contributed by atoms with van der Waals surface area (Å²) in [5, 5.41) is 0. The number of fused-ring (bicyclic) bond motifs is 1. The van der Waals surface area contributed by atoms with E-state index in [1.807, 2.05) is 0 Å². The van der Waals surface area contributed by atoms with Crippen LogP contribution in [0.5, 0.6) is 0 Å². The van der Waals surface area contributed by atoms with Gasteiger partial charge < -0.3 is 10.6 Å². The van der Waals surface area contributed by atoms with E-state index >= 15 is 0 Å². The Hall–Kier alpha value is -1.88. The second-order valence-corrected chi connectivity index (χ2v) is 4.56. The quantitative estimate of drug-likeness (QED) is 0.639. The Morgan fingerprint density at radius 2 is 1.84 bits per heavy atom. The fourth-order valence-corrected chi connectivity index (χ4v) is 2.34. The fraction of sp³-hybridized carbons (Fsp3) is 0.429. The van der Waals surface area contributed by atoms with E-state index in [-0.39, 0.29) is 11.8 Å². The van der Waals surface area contributed by atoms with Crippen LogP contribution < -0.4 is 5.73 Å². The predicted molar refractivity (Wildman–Crippen MR) is 74.0 cm³/mol. The summed E-state index contributed by atoms with van der Waals surface area (Å²) in [6.45, 7) is 7.03. The van der Waals surface area contributed by atoms with E-state index in [0.29, 0.717) is 29.9 Å². The van der Waals surface area contributed by atoms with Gasteiger partial charge in [-0.2, -0.15) is 0 Å². The maximum absolute atomic E-state index is 12.2. The predicted octanol–water partition coefficient (Wildman–Crippen LogP) is 1.21. The lowest BCUT2D eigenvalue weighted by Gasteiger charge is -2.21. The van der Waals surface area contributed by atoms with Crippen LogP contribution in [0, 0.1) is 0 Å². The smallest absolute Gasteiger partial charge is 0.263 e. The van der Waals surface area contributed by atoms with Crippen LogP contribution in [0.4, 0.5) is 5.69 Å². The van der Waals surface area contributed by atoms with E-state index in [2.05, 4.69) is 18.7 Å². The van der Waals surface area contributed by atoms with Gasteiger partial charge in [0.15, 0.2) is 0 Å². The van der Waals surface area contributed by atoms with Crippen LogP contribution in [-0.4, -0.2) is 47.8 Å². The Bertz CT molecular complexity index is 509. The number of amides is 2. The van der Waals surface area contributed by atoms with Crippen molar-refractivity contribution in [3.8, 4) is 0 Å². The summed E-state index contributed by atoms with van der Waals surface area (Å²) < 4.78 is 0. The van der Waals surface area contributed by atoms with Crippen molar-refractivity contribution in [1.29, 1.82) is 0 Å². The van der Waals surface area contributed by atoms with E-state index in [0.717, 1.165) is 13.1 Å². The third-order valence-electron chi connectivity index (χ3n) is 3.57. The second-order valence-electron chi connectivity index (χ2n) is 4.56. The largest absolute Gasteiger partial charge is 0.398 e. The molecule has 1 aromatic rings. The second kappa shape index (κ2) is 5.40. The number of rotatable bonds is 5. The SMILES string of the molecule is CCN(CC)CCN1C(=O)c2cccc(N)c2C1=O. The molecule has 0 aromatic heterocycles. The average molecular weight is 261 g/mol. The lowest BCUT2D eigenvalue weighted by Crippen LogP contribution is -2.38. The minimum absolute atomic E-state index is 0.237. The molecule has 0 aliphatic carbocycles. The highest BCUT2D eigenvalue weighted by atomic mass is 16.2. The Morgan fingerprint density at radius 1 is 1.16 bits per heavy atom. The van der Waals surface area contributed by atoms with E-state index in [4.69, 9.17) is 5.73 Å². The molecule has 0 unspecified atom stereocenters. The number of carbonyl (C=O) groups excluding carboxylic acids is 2. The molecule has 2 amide bonds. The molecule has 5 nitrogen and oxygen atoms in total. The average Bonchev–Trinajstić information content (AvgIpc) is 2.65. The van der Waals surface area contributed by atoms with Crippen LogP contribution in [-0.2, 0) is 0 Å². The van der Waals surface area contributed by atoms with Gasteiger partial charge in [0.2, 0.25) is 0 Å². The molecule has 1 aliphatic heterocycles. The van der Waals surface area contributed by atoms with Gasteiger partial charge in [-0.3, -0.25) is 14.5 Å². The van der Waals surface area contributed by atoms with E-state index in [1.165, 1.54) is 4.90 Å². The van der Waals surface area contributed by atoms with Crippen LogP contribution in [0.15, 0.2) is 18.2 Å². The Kier molecular flexibility index (Phi) is 3.85. The number of carbonyl (C=O) groups is 2. The lowest BCUT2D eigenvalue weighted by molar-refractivity contribution is 0.0638.